The fraction of sp³-hybridized carbons (Fsp3) is 0.500. The molecule has 2 saturated carbocycles. The van der Waals surface area contributed by atoms with Crippen molar-refractivity contribution in [2.75, 3.05) is 20.7 Å². The average molecular weight is 515 g/mol. The van der Waals surface area contributed by atoms with Crippen molar-refractivity contribution < 1.29 is 9.53 Å². The monoisotopic (exact) mass is 514 g/mol. The van der Waals surface area contributed by atoms with Crippen molar-refractivity contribution in [3.63, 3.8) is 0 Å². The summed E-state index contributed by atoms with van der Waals surface area (Å²) >= 11 is 0. The lowest BCUT2D eigenvalue weighted by Gasteiger charge is -2.30. The molecule has 8 nitrogen and oxygen atoms in total. The van der Waals surface area contributed by atoms with Crippen molar-refractivity contribution in [1.29, 1.82) is 0 Å². The first-order valence-corrected chi connectivity index (χ1v) is 13.9. The third kappa shape index (κ3) is 4.77. The second-order valence-corrected chi connectivity index (χ2v) is 11.5. The van der Waals surface area contributed by atoms with Gasteiger partial charge in [0.15, 0.2) is 11.4 Å². The maximum absolute atomic E-state index is 12.5. The summed E-state index contributed by atoms with van der Waals surface area (Å²) in [6.45, 7) is 5.02. The van der Waals surface area contributed by atoms with E-state index in [1.807, 2.05) is 12.3 Å². The van der Waals surface area contributed by atoms with Gasteiger partial charge in [0.1, 0.15) is 6.33 Å². The van der Waals surface area contributed by atoms with Crippen LogP contribution in [-0.4, -0.2) is 63.2 Å². The van der Waals surface area contributed by atoms with Crippen molar-refractivity contribution in [1.82, 2.24) is 29.8 Å². The molecular formula is C30H38N6O2. The Hall–Kier alpha value is -3.39. The molecule has 6 rings (SSSR count). The van der Waals surface area contributed by atoms with E-state index < -0.39 is 0 Å². The first kappa shape index (κ1) is 24.9. The van der Waals surface area contributed by atoms with E-state index in [9.17, 15) is 4.79 Å². The highest BCUT2D eigenvalue weighted by molar-refractivity contribution is 5.92. The summed E-state index contributed by atoms with van der Waals surface area (Å²) in [6.07, 6.45) is 10.3. The van der Waals surface area contributed by atoms with Crippen LogP contribution in [0.25, 0.3) is 27.8 Å². The lowest BCUT2D eigenvalue weighted by atomic mass is 9.81. The number of aromatic amines is 1. The minimum Gasteiger partial charge on any atom is -0.493 e. The van der Waals surface area contributed by atoms with Gasteiger partial charge in [0.25, 0.3) is 0 Å². The predicted molar refractivity (Wildman–Crippen MR) is 150 cm³/mol. The zero-order chi connectivity index (χ0) is 26.4. The van der Waals surface area contributed by atoms with Crippen molar-refractivity contribution >= 4 is 22.5 Å². The van der Waals surface area contributed by atoms with E-state index >= 15 is 0 Å². The van der Waals surface area contributed by atoms with E-state index in [-0.39, 0.29) is 5.91 Å². The molecule has 2 aliphatic rings. The van der Waals surface area contributed by atoms with E-state index in [1.54, 1.807) is 18.0 Å². The molecule has 0 radical (unpaired) electrons. The lowest BCUT2D eigenvalue weighted by molar-refractivity contribution is -0.123. The Balaban J connectivity index is 1.22. The second-order valence-electron chi connectivity index (χ2n) is 11.5. The van der Waals surface area contributed by atoms with Gasteiger partial charge in [-0.25, -0.2) is 9.50 Å². The second kappa shape index (κ2) is 10.1. The average Bonchev–Trinajstić information content (AvgIpc) is 3.53. The highest BCUT2D eigenvalue weighted by atomic mass is 16.5. The number of likely N-dealkylation sites (N-methyl/N-ethyl adjacent to an activating group) is 1. The zero-order valence-electron chi connectivity index (χ0n) is 22.8. The van der Waals surface area contributed by atoms with Gasteiger partial charge in [-0.15, -0.1) is 0 Å². The molecule has 38 heavy (non-hydrogen) atoms. The van der Waals surface area contributed by atoms with Gasteiger partial charge < -0.3 is 15.0 Å². The summed E-state index contributed by atoms with van der Waals surface area (Å²) in [5.74, 6) is 1.74. The molecule has 2 N–H and O–H groups in total. The molecule has 8 heteroatoms. The van der Waals surface area contributed by atoms with Gasteiger partial charge in [0, 0.05) is 34.7 Å². The number of amides is 1. The molecule has 0 aliphatic heterocycles. The molecule has 0 unspecified atom stereocenters. The van der Waals surface area contributed by atoms with Crippen LogP contribution < -0.4 is 10.1 Å². The molecule has 0 saturated heterocycles. The number of aromatic nitrogens is 4. The number of hydrogen-bond donors (Lipinski definition) is 2. The van der Waals surface area contributed by atoms with Gasteiger partial charge in [-0.2, -0.15) is 5.10 Å². The first-order chi connectivity index (χ1) is 18.4. The summed E-state index contributed by atoms with van der Waals surface area (Å²) in [7, 11) is 3.73. The molecule has 3 heterocycles. The van der Waals surface area contributed by atoms with E-state index in [2.05, 4.69) is 64.4 Å². The molecule has 2 fully saturated rings. The van der Waals surface area contributed by atoms with E-state index in [0.717, 1.165) is 42.5 Å². The maximum atomic E-state index is 12.5. The number of fused-ring (bicyclic) bond motifs is 2. The Morgan fingerprint density at radius 1 is 1.18 bits per heavy atom. The zero-order valence-corrected chi connectivity index (χ0v) is 22.8. The van der Waals surface area contributed by atoms with Crippen LogP contribution in [0.3, 0.4) is 0 Å². The molecule has 4 aromatic rings. The minimum atomic E-state index is 0.173. The standard InChI is InChI=1S/C30H38N6O2/c1-18(2)28-24-13-20(19-5-8-22(9-6-19)33-27(37)16-35(3)23-10-11-23)7-12-25(24)34-29(28)21-14-26(38-4)30-31-17-32-36(30)15-21/h7,12-15,17-19,22-23,34H,5-6,8-11,16H2,1-4H3,(H,33,37). The number of nitrogens with one attached hydrogen (secondary N) is 2. The van der Waals surface area contributed by atoms with Crippen LogP contribution >= 0.6 is 0 Å². The van der Waals surface area contributed by atoms with Crippen LogP contribution in [0.5, 0.6) is 5.75 Å². The Kier molecular flexibility index (Phi) is 6.60. The predicted octanol–water partition coefficient (Wildman–Crippen LogP) is 5.25. The highest BCUT2D eigenvalue weighted by Gasteiger charge is 2.29. The number of pyridine rings is 1. The molecular weight excluding hydrogens is 476 g/mol. The van der Waals surface area contributed by atoms with Gasteiger partial charge in [-0.05, 0) is 86.7 Å². The molecule has 0 bridgehead atoms. The Labute approximate surface area is 223 Å². The maximum Gasteiger partial charge on any atom is 0.234 e. The van der Waals surface area contributed by atoms with Crippen molar-refractivity contribution in [3.8, 4) is 17.0 Å². The summed E-state index contributed by atoms with van der Waals surface area (Å²) in [4.78, 5) is 22.7. The van der Waals surface area contributed by atoms with Crippen LogP contribution in [0.2, 0.25) is 0 Å². The highest BCUT2D eigenvalue weighted by Crippen LogP contribution is 2.40. The molecule has 2 aliphatic carbocycles. The smallest absolute Gasteiger partial charge is 0.234 e. The normalized spacial score (nSPS) is 20.1. The number of carbonyl (C=O) groups is 1. The lowest BCUT2D eigenvalue weighted by Crippen LogP contribution is -2.42. The number of methoxy groups -OCH3 is 1. The molecule has 200 valence electrons. The van der Waals surface area contributed by atoms with Crippen molar-refractivity contribution in [2.24, 2.45) is 0 Å². The minimum absolute atomic E-state index is 0.173. The quantitative estimate of drug-likeness (QED) is 0.336. The molecule has 0 atom stereocenters. The van der Waals surface area contributed by atoms with Crippen LogP contribution in [0.15, 0.2) is 36.8 Å². The summed E-state index contributed by atoms with van der Waals surface area (Å²) < 4.78 is 7.39. The van der Waals surface area contributed by atoms with Crippen LogP contribution in [-0.2, 0) is 4.79 Å². The summed E-state index contributed by atoms with van der Waals surface area (Å²) in [5, 5.41) is 8.92. The van der Waals surface area contributed by atoms with E-state index in [4.69, 9.17) is 4.74 Å². The molecule has 1 aromatic carbocycles. The SMILES string of the molecule is COc1cc(-c2[nH]c3ccc(C4CCC(NC(=O)CN(C)C5CC5)CC4)cc3c2C(C)C)cn2ncnc12. The van der Waals surface area contributed by atoms with Gasteiger partial charge >= 0.3 is 0 Å². The fourth-order valence-electron chi connectivity index (χ4n) is 6.21. The van der Waals surface area contributed by atoms with Crippen LogP contribution in [0.1, 0.15) is 75.3 Å². The topological polar surface area (TPSA) is 87.5 Å². The molecule has 1 amide bonds. The molecule has 0 spiro atoms. The number of benzene rings is 1. The Morgan fingerprint density at radius 2 is 1.97 bits per heavy atom. The third-order valence-electron chi connectivity index (χ3n) is 8.42. The van der Waals surface area contributed by atoms with Crippen LogP contribution in [0.4, 0.5) is 0 Å². The number of nitrogens with zero attached hydrogens (tertiary/aromatic N) is 4. The number of carbonyl (C=O) groups excluding carboxylic acids is 1. The first-order valence-electron chi connectivity index (χ1n) is 13.9. The number of H-pyrrole nitrogens is 1. The third-order valence-corrected chi connectivity index (χ3v) is 8.42. The van der Waals surface area contributed by atoms with Crippen molar-refractivity contribution in [2.45, 2.75) is 76.3 Å². The largest absolute Gasteiger partial charge is 0.493 e. The van der Waals surface area contributed by atoms with Gasteiger partial charge in [-0.3, -0.25) is 9.69 Å². The van der Waals surface area contributed by atoms with E-state index in [1.165, 1.54) is 29.4 Å². The number of ether oxygens (including phenoxy) is 1. The van der Waals surface area contributed by atoms with Gasteiger partial charge in [-0.1, -0.05) is 19.9 Å². The molecule has 3 aromatic heterocycles. The van der Waals surface area contributed by atoms with Crippen LogP contribution in [0, 0.1) is 0 Å². The Bertz CT molecular complexity index is 1460. The van der Waals surface area contributed by atoms with E-state index in [0.29, 0.717) is 41.9 Å². The van der Waals surface area contributed by atoms with Crippen molar-refractivity contribution in [3.05, 3.63) is 47.9 Å². The fourth-order valence-corrected chi connectivity index (χ4v) is 6.21. The van der Waals surface area contributed by atoms with Gasteiger partial charge in [0.05, 0.1) is 19.3 Å². The number of hydrogen-bond acceptors (Lipinski definition) is 5. The number of rotatable bonds is 8. The summed E-state index contributed by atoms with van der Waals surface area (Å²) in [6, 6.07) is 9.85. The van der Waals surface area contributed by atoms with Gasteiger partial charge in [0.2, 0.25) is 5.91 Å². The summed E-state index contributed by atoms with van der Waals surface area (Å²) in [5.41, 5.74) is 6.69. The Morgan fingerprint density at radius 3 is 2.68 bits per heavy atom.